The Morgan fingerprint density at radius 3 is 2.67 bits per heavy atom. The predicted molar refractivity (Wildman–Crippen MR) is 67.8 cm³/mol. The van der Waals surface area contributed by atoms with Crippen LogP contribution in [0.4, 0.5) is 4.79 Å². The quantitative estimate of drug-likeness (QED) is 0.843. The molecule has 1 aromatic heterocycles. The molecule has 5 nitrogen and oxygen atoms in total. The lowest BCUT2D eigenvalue weighted by Crippen LogP contribution is -2.58. The zero-order valence-electron chi connectivity index (χ0n) is 9.23. The van der Waals surface area contributed by atoms with Crippen LogP contribution in [0.3, 0.4) is 0 Å². The molecule has 2 fully saturated rings. The van der Waals surface area contributed by atoms with Crippen molar-refractivity contribution in [3.8, 4) is 0 Å². The lowest BCUT2D eigenvalue weighted by molar-refractivity contribution is -0.145. The minimum atomic E-state index is -0.956. The van der Waals surface area contributed by atoms with Crippen LogP contribution in [0.25, 0.3) is 0 Å². The molecule has 0 bridgehead atoms. The van der Waals surface area contributed by atoms with E-state index in [1.165, 1.54) is 11.3 Å². The maximum Gasteiger partial charge on any atom is 0.331 e. The highest BCUT2D eigenvalue weighted by atomic mass is 79.9. The van der Waals surface area contributed by atoms with Gasteiger partial charge in [-0.25, -0.2) is 4.79 Å². The van der Waals surface area contributed by atoms with Crippen LogP contribution in [0, 0.1) is 5.41 Å². The average molecular weight is 329 g/mol. The summed E-state index contributed by atoms with van der Waals surface area (Å²) in [5.74, 6) is -0.804. The van der Waals surface area contributed by atoms with Gasteiger partial charge in [0.2, 0.25) is 11.8 Å². The highest BCUT2D eigenvalue weighted by molar-refractivity contribution is 9.10. The molecule has 1 aliphatic carbocycles. The molecule has 7 heteroatoms. The van der Waals surface area contributed by atoms with Crippen molar-refractivity contribution in [1.29, 1.82) is 0 Å². The first-order valence-corrected chi connectivity index (χ1v) is 7.10. The highest BCUT2D eigenvalue weighted by Gasteiger charge is 2.62. The van der Waals surface area contributed by atoms with Gasteiger partial charge < -0.3 is 0 Å². The summed E-state index contributed by atoms with van der Waals surface area (Å²) in [6.45, 7) is 0.218. The van der Waals surface area contributed by atoms with E-state index in [4.69, 9.17) is 0 Å². The van der Waals surface area contributed by atoms with Crippen LogP contribution in [-0.4, -0.2) is 22.7 Å². The van der Waals surface area contributed by atoms with Crippen LogP contribution >= 0.6 is 27.3 Å². The number of urea groups is 1. The number of hydrogen-bond donors (Lipinski definition) is 1. The van der Waals surface area contributed by atoms with Gasteiger partial charge in [0, 0.05) is 14.7 Å². The van der Waals surface area contributed by atoms with Gasteiger partial charge in [-0.1, -0.05) is 0 Å². The second-order valence-corrected chi connectivity index (χ2v) is 6.38. The molecule has 1 saturated carbocycles. The van der Waals surface area contributed by atoms with Crippen LogP contribution in [0.15, 0.2) is 15.9 Å². The maximum atomic E-state index is 12.2. The minimum absolute atomic E-state index is 0.218. The first-order valence-electron chi connectivity index (χ1n) is 5.43. The van der Waals surface area contributed by atoms with E-state index in [0.29, 0.717) is 12.8 Å². The molecule has 3 rings (SSSR count). The highest BCUT2D eigenvalue weighted by Crippen LogP contribution is 2.49. The van der Waals surface area contributed by atoms with Gasteiger partial charge in [0.1, 0.15) is 5.41 Å². The van der Waals surface area contributed by atoms with Crippen LogP contribution in [0.1, 0.15) is 17.7 Å². The van der Waals surface area contributed by atoms with Crippen LogP contribution in [0.2, 0.25) is 0 Å². The van der Waals surface area contributed by atoms with Gasteiger partial charge in [0.05, 0.1) is 6.54 Å². The predicted octanol–water partition coefficient (Wildman–Crippen LogP) is 1.87. The standard InChI is InChI=1S/C11H9BrN2O3S/c12-6-3-7(18-5-6)4-14-9(16)11(1-2-11)8(15)13-10(14)17/h3,5H,1-2,4H2,(H,13,15,17). The number of thiophene rings is 1. The van der Waals surface area contributed by atoms with Gasteiger partial charge in [-0.3, -0.25) is 19.8 Å². The fraction of sp³-hybridized carbons (Fsp3) is 0.364. The normalized spacial score (nSPS) is 21.4. The number of carbonyl (C=O) groups excluding carboxylic acids is 3. The molecule has 1 spiro atoms. The summed E-state index contributed by atoms with van der Waals surface area (Å²) in [7, 11) is 0. The third kappa shape index (κ3) is 1.69. The summed E-state index contributed by atoms with van der Waals surface area (Å²) in [6.07, 6.45) is 1.07. The van der Waals surface area contributed by atoms with Gasteiger partial charge in [-0.05, 0) is 34.8 Å². The molecule has 1 saturated heterocycles. The Balaban J connectivity index is 1.85. The molecular formula is C11H9BrN2O3S. The van der Waals surface area contributed by atoms with Crippen molar-refractivity contribution in [3.05, 3.63) is 20.8 Å². The Morgan fingerprint density at radius 1 is 1.39 bits per heavy atom. The first kappa shape index (κ1) is 11.9. The van der Waals surface area contributed by atoms with Crippen LogP contribution in [0.5, 0.6) is 0 Å². The van der Waals surface area contributed by atoms with Crippen molar-refractivity contribution in [3.63, 3.8) is 0 Å². The van der Waals surface area contributed by atoms with E-state index < -0.39 is 17.4 Å². The number of hydrogen-bond acceptors (Lipinski definition) is 4. The van der Waals surface area contributed by atoms with Gasteiger partial charge in [0.15, 0.2) is 0 Å². The molecule has 0 aromatic carbocycles. The Morgan fingerprint density at radius 2 is 2.11 bits per heavy atom. The van der Waals surface area contributed by atoms with E-state index in [0.717, 1.165) is 14.2 Å². The topological polar surface area (TPSA) is 66.5 Å². The van der Waals surface area contributed by atoms with E-state index >= 15 is 0 Å². The molecule has 1 N–H and O–H groups in total. The third-order valence-electron chi connectivity index (χ3n) is 3.24. The average Bonchev–Trinajstić information content (AvgIpc) is 3.02. The molecule has 4 amide bonds. The third-order valence-corrected chi connectivity index (χ3v) is 4.92. The van der Waals surface area contributed by atoms with Crippen LogP contribution in [-0.2, 0) is 16.1 Å². The number of barbiturate groups is 1. The van der Waals surface area contributed by atoms with Gasteiger partial charge in [0.25, 0.3) is 0 Å². The smallest absolute Gasteiger partial charge is 0.277 e. The summed E-state index contributed by atoms with van der Waals surface area (Å²) < 4.78 is 0.921. The Bertz CT molecular complexity index is 564. The van der Waals surface area contributed by atoms with Crippen molar-refractivity contribution >= 4 is 45.1 Å². The molecule has 0 atom stereocenters. The number of rotatable bonds is 2. The molecule has 94 valence electrons. The SMILES string of the molecule is O=C1NC(=O)C2(CC2)C(=O)N1Cc1cc(Br)cs1. The van der Waals surface area contributed by atoms with Crippen molar-refractivity contribution in [1.82, 2.24) is 10.2 Å². The lowest BCUT2D eigenvalue weighted by atomic mass is 10.0. The molecule has 0 unspecified atom stereocenters. The molecule has 2 heterocycles. The fourth-order valence-corrected chi connectivity index (χ4v) is 3.47. The monoisotopic (exact) mass is 328 g/mol. The molecule has 0 radical (unpaired) electrons. The van der Waals surface area contributed by atoms with Crippen molar-refractivity contribution < 1.29 is 14.4 Å². The van der Waals surface area contributed by atoms with E-state index in [9.17, 15) is 14.4 Å². The number of nitrogens with zero attached hydrogens (tertiary/aromatic N) is 1. The summed E-state index contributed by atoms with van der Waals surface area (Å²) in [5, 5.41) is 4.15. The second-order valence-electron chi connectivity index (χ2n) is 4.46. The van der Waals surface area contributed by atoms with Gasteiger partial charge in [-0.2, -0.15) is 0 Å². The molecule has 1 aliphatic heterocycles. The van der Waals surface area contributed by atoms with Crippen molar-refractivity contribution in [2.45, 2.75) is 19.4 Å². The lowest BCUT2D eigenvalue weighted by Gasteiger charge is -2.29. The summed E-state index contributed by atoms with van der Waals surface area (Å²) in [6, 6.07) is 1.24. The zero-order valence-corrected chi connectivity index (χ0v) is 11.6. The van der Waals surface area contributed by atoms with E-state index in [1.807, 2.05) is 11.4 Å². The number of imide groups is 2. The number of nitrogens with one attached hydrogen (secondary N) is 1. The van der Waals surface area contributed by atoms with Crippen LogP contribution < -0.4 is 5.32 Å². The Labute approximate surface area is 115 Å². The van der Waals surface area contributed by atoms with Crippen molar-refractivity contribution in [2.24, 2.45) is 5.41 Å². The molecule has 18 heavy (non-hydrogen) atoms. The Kier molecular flexibility index (Phi) is 2.56. The minimum Gasteiger partial charge on any atom is -0.277 e. The molecule has 1 aromatic rings. The number of amides is 4. The zero-order chi connectivity index (χ0) is 12.9. The Hall–Kier alpha value is -1.21. The molecular weight excluding hydrogens is 320 g/mol. The van der Waals surface area contributed by atoms with Crippen molar-refractivity contribution in [2.75, 3.05) is 0 Å². The van der Waals surface area contributed by atoms with E-state index in [-0.39, 0.29) is 12.5 Å². The van der Waals surface area contributed by atoms with Gasteiger partial charge in [-0.15, -0.1) is 11.3 Å². The van der Waals surface area contributed by atoms with E-state index in [2.05, 4.69) is 21.2 Å². The second kappa shape index (κ2) is 3.89. The van der Waals surface area contributed by atoms with E-state index in [1.54, 1.807) is 0 Å². The summed E-state index contributed by atoms with van der Waals surface area (Å²) in [4.78, 5) is 37.5. The maximum absolute atomic E-state index is 12.2. The molecule has 2 aliphatic rings. The fourth-order valence-electron chi connectivity index (χ4n) is 2.03. The largest absolute Gasteiger partial charge is 0.331 e. The number of halogens is 1. The first-order chi connectivity index (χ1) is 8.53. The number of carbonyl (C=O) groups is 3. The summed E-state index contributed by atoms with van der Waals surface area (Å²) >= 11 is 4.79. The summed E-state index contributed by atoms with van der Waals surface area (Å²) in [5.41, 5.74) is -0.956. The van der Waals surface area contributed by atoms with Gasteiger partial charge >= 0.3 is 6.03 Å².